The molecule has 6 nitrogen and oxygen atoms in total. The molecule has 0 spiro atoms. The summed E-state index contributed by atoms with van der Waals surface area (Å²) in [7, 11) is 0. The second kappa shape index (κ2) is 6.88. The molecule has 3 aromatic heterocycles. The van der Waals surface area contributed by atoms with E-state index in [0.29, 0.717) is 12.5 Å². The van der Waals surface area contributed by atoms with E-state index in [1.807, 2.05) is 29.0 Å². The fraction of sp³-hybridized carbons (Fsp3) is 0.474. The molecule has 1 saturated heterocycles. The van der Waals surface area contributed by atoms with Crippen LogP contribution in [0.4, 0.5) is 0 Å². The van der Waals surface area contributed by atoms with Gasteiger partial charge in [0.25, 0.3) is 0 Å². The van der Waals surface area contributed by atoms with Crippen molar-refractivity contribution in [2.24, 2.45) is 0 Å². The first-order chi connectivity index (χ1) is 12.2. The van der Waals surface area contributed by atoms with Gasteiger partial charge in [0.05, 0.1) is 12.2 Å². The second-order valence-electron chi connectivity index (χ2n) is 6.81. The minimum absolute atomic E-state index is 0.0637. The molecule has 1 atom stereocenters. The molecule has 1 aliphatic heterocycles. The Bertz CT molecular complexity index is 824. The monoisotopic (exact) mass is 341 g/mol. The van der Waals surface area contributed by atoms with Crippen LogP contribution in [0.3, 0.4) is 0 Å². The van der Waals surface area contributed by atoms with Crippen molar-refractivity contribution in [3.8, 4) is 11.6 Å². The molecule has 3 aromatic rings. The molecule has 0 N–H and O–H groups in total. The van der Waals surface area contributed by atoms with Crippen LogP contribution in [0.15, 0.2) is 39.5 Å². The van der Waals surface area contributed by atoms with Gasteiger partial charge in [0.1, 0.15) is 11.9 Å². The number of aromatic nitrogens is 3. The Hall–Kier alpha value is -2.34. The molecule has 6 heteroatoms. The van der Waals surface area contributed by atoms with Gasteiger partial charge in [-0.15, -0.1) is 0 Å². The van der Waals surface area contributed by atoms with E-state index in [-0.39, 0.29) is 6.10 Å². The van der Waals surface area contributed by atoms with E-state index in [1.165, 1.54) is 6.42 Å². The minimum atomic E-state index is 0.0637. The Morgan fingerprint density at radius 1 is 1.28 bits per heavy atom. The van der Waals surface area contributed by atoms with Crippen molar-refractivity contribution in [1.29, 1.82) is 0 Å². The standard InChI is InChI=1S/C19H23N3O3/c1-13(2)15-11-14(25-21-15)12-22-9-8-20-19(22)18-7-6-17(24-18)16-5-3-4-10-23-16/h6-9,11,13,16H,3-5,10,12H2,1-2H3/t16-/m1/s1. The first-order valence-corrected chi connectivity index (χ1v) is 8.89. The number of nitrogens with zero attached hydrogens (tertiary/aromatic N) is 3. The topological polar surface area (TPSA) is 66.2 Å². The zero-order valence-electron chi connectivity index (χ0n) is 14.6. The molecule has 25 heavy (non-hydrogen) atoms. The van der Waals surface area contributed by atoms with E-state index in [4.69, 9.17) is 13.7 Å². The fourth-order valence-electron chi connectivity index (χ4n) is 3.12. The SMILES string of the molecule is CC(C)c1cc(Cn2ccnc2-c2ccc([C@H]3CCCCO3)o2)on1. The Labute approximate surface area is 146 Å². The molecule has 0 amide bonds. The Morgan fingerprint density at radius 2 is 2.20 bits per heavy atom. The van der Waals surface area contributed by atoms with Crippen molar-refractivity contribution in [2.45, 2.75) is 51.7 Å². The van der Waals surface area contributed by atoms with Crippen molar-refractivity contribution in [3.05, 3.63) is 47.8 Å². The molecular weight excluding hydrogens is 318 g/mol. The van der Waals surface area contributed by atoms with Crippen molar-refractivity contribution >= 4 is 0 Å². The van der Waals surface area contributed by atoms with E-state index in [9.17, 15) is 0 Å². The molecule has 132 valence electrons. The predicted octanol–water partition coefficient (Wildman–Crippen LogP) is 4.54. The first-order valence-electron chi connectivity index (χ1n) is 8.89. The van der Waals surface area contributed by atoms with E-state index in [0.717, 1.165) is 48.2 Å². The van der Waals surface area contributed by atoms with Crippen molar-refractivity contribution < 1.29 is 13.7 Å². The molecule has 1 aliphatic rings. The quantitative estimate of drug-likeness (QED) is 0.681. The molecule has 0 unspecified atom stereocenters. The summed E-state index contributed by atoms with van der Waals surface area (Å²) in [6, 6.07) is 5.96. The van der Waals surface area contributed by atoms with Crippen LogP contribution in [0.5, 0.6) is 0 Å². The second-order valence-corrected chi connectivity index (χ2v) is 6.81. The highest BCUT2D eigenvalue weighted by Gasteiger charge is 2.21. The molecule has 4 heterocycles. The van der Waals surface area contributed by atoms with E-state index in [1.54, 1.807) is 6.20 Å². The van der Waals surface area contributed by atoms with Gasteiger partial charge in [-0.25, -0.2) is 4.98 Å². The molecule has 0 aromatic carbocycles. The lowest BCUT2D eigenvalue weighted by Gasteiger charge is -2.20. The van der Waals surface area contributed by atoms with Gasteiger partial charge in [-0.2, -0.15) is 0 Å². The summed E-state index contributed by atoms with van der Waals surface area (Å²) in [6.07, 6.45) is 7.08. The predicted molar refractivity (Wildman–Crippen MR) is 92.2 cm³/mol. The lowest BCUT2D eigenvalue weighted by molar-refractivity contribution is 0.00218. The Balaban J connectivity index is 1.53. The number of hydrogen-bond acceptors (Lipinski definition) is 5. The lowest BCUT2D eigenvalue weighted by Crippen LogP contribution is -2.10. The third-order valence-electron chi connectivity index (χ3n) is 4.55. The summed E-state index contributed by atoms with van der Waals surface area (Å²) in [6.45, 7) is 5.58. The molecule has 0 radical (unpaired) electrons. The Kier molecular flexibility index (Phi) is 4.44. The van der Waals surface area contributed by atoms with Gasteiger partial charge in [0.15, 0.2) is 17.3 Å². The summed E-state index contributed by atoms with van der Waals surface area (Å²) in [5, 5.41) is 4.12. The molecule has 0 saturated carbocycles. The zero-order chi connectivity index (χ0) is 17.2. The summed E-state index contributed by atoms with van der Waals surface area (Å²) in [4.78, 5) is 4.45. The van der Waals surface area contributed by atoms with Gasteiger partial charge in [0.2, 0.25) is 0 Å². The van der Waals surface area contributed by atoms with Gasteiger partial charge >= 0.3 is 0 Å². The van der Waals surface area contributed by atoms with Gasteiger partial charge in [-0.3, -0.25) is 0 Å². The smallest absolute Gasteiger partial charge is 0.176 e. The van der Waals surface area contributed by atoms with Crippen molar-refractivity contribution in [3.63, 3.8) is 0 Å². The molecule has 0 aliphatic carbocycles. The minimum Gasteiger partial charge on any atom is -0.455 e. The molecule has 0 bridgehead atoms. The van der Waals surface area contributed by atoms with Crippen LogP contribution < -0.4 is 0 Å². The number of imidazole rings is 1. The van der Waals surface area contributed by atoms with Crippen LogP contribution in [0, 0.1) is 0 Å². The molecule has 1 fully saturated rings. The van der Waals surface area contributed by atoms with Gasteiger partial charge < -0.3 is 18.2 Å². The summed E-state index contributed by atoms with van der Waals surface area (Å²) >= 11 is 0. The van der Waals surface area contributed by atoms with Crippen LogP contribution in [0.2, 0.25) is 0 Å². The van der Waals surface area contributed by atoms with Crippen LogP contribution in [-0.4, -0.2) is 21.3 Å². The van der Waals surface area contributed by atoms with Gasteiger partial charge in [-0.05, 0) is 37.3 Å². The van der Waals surface area contributed by atoms with E-state index >= 15 is 0 Å². The van der Waals surface area contributed by atoms with Crippen LogP contribution in [0.25, 0.3) is 11.6 Å². The molecular formula is C19H23N3O3. The largest absolute Gasteiger partial charge is 0.455 e. The highest BCUT2D eigenvalue weighted by atomic mass is 16.5. The van der Waals surface area contributed by atoms with Gasteiger partial charge in [-0.1, -0.05) is 19.0 Å². The normalized spacial score (nSPS) is 18.1. The molecule has 4 rings (SSSR count). The van der Waals surface area contributed by atoms with E-state index in [2.05, 4.69) is 24.0 Å². The van der Waals surface area contributed by atoms with E-state index < -0.39 is 0 Å². The third-order valence-corrected chi connectivity index (χ3v) is 4.55. The van der Waals surface area contributed by atoms with Crippen molar-refractivity contribution in [1.82, 2.24) is 14.7 Å². The highest BCUT2D eigenvalue weighted by Crippen LogP contribution is 2.32. The Morgan fingerprint density at radius 3 is 2.96 bits per heavy atom. The average molecular weight is 341 g/mol. The maximum Gasteiger partial charge on any atom is 0.176 e. The fourth-order valence-corrected chi connectivity index (χ4v) is 3.12. The summed E-state index contributed by atoms with van der Waals surface area (Å²) in [5.41, 5.74) is 0.964. The maximum atomic E-state index is 6.03. The van der Waals surface area contributed by atoms with Crippen LogP contribution in [-0.2, 0) is 11.3 Å². The van der Waals surface area contributed by atoms with Crippen molar-refractivity contribution in [2.75, 3.05) is 6.61 Å². The lowest BCUT2D eigenvalue weighted by atomic mass is 10.1. The number of ether oxygens (including phenoxy) is 1. The van der Waals surface area contributed by atoms with Crippen LogP contribution >= 0.6 is 0 Å². The number of furan rings is 1. The highest BCUT2D eigenvalue weighted by molar-refractivity contribution is 5.48. The summed E-state index contributed by atoms with van der Waals surface area (Å²) in [5.74, 6) is 3.57. The van der Waals surface area contributed by atoms with Crippen LogP contribution in [0.1, 0.15) is 62.3 Å². The number of rotatable bonds is 5. The van der Waals surface area contributed by atoms with Gasteiger partial charge in [0, 0.05) is 25.1 Å². The summed E-state index contributed by atoms with van der Waals surface area (Å²) < 4.78 is 19.3. The maximum absolute atomic E-state index is 6.03. The average Bonchev–Trinajstić information content (AvgIpc) is 3.36. The number of hydrogen-bond donors (Lipinski definition) is 0. The first kappa shape index (κ1) is 16.1. The zero-order valence-corrected chi connectivity index (χ0v) is 14.6. The third kappa shape index (κ3) is 3.39.